The molecule has 2 rings (SSSR count). The van der Waals surface area contributed by atoms with Crippen LogP contribution in [0.25, 0.3) is 0 Å². The van der Waals surface area contributed by atoms with Gasteiger partial charge in [-0.2, -0.15) is 0 Å². The van der Waals surface area contributed by atoms with Crippen LogP contribution in [0.2, 0.25) is 0 Å². The van der Waals surface area contributed by atoms with Crippen LogP contribution in [0.1, 0.15) is 31.2 Å². The van der Waals surface area contributed by atoms with Gasteiger partial charge in [0.15, 0.2) is 0 Å². The summed E-state index contributed by atoms with van der Waals surface area (Å²) in [4.78, 5) is 31.6. The summed E-state index contributed by atoms with van der Waals surface area (Å²) >= 11 is 0. The maximum atomic E-state index is 11.4. The predicted octanol–water partition coefficient (Wildman–Crippen LogP) is 1.51. The first-order valence-corrected chi connectivity index (χ1v) is 6.89. The smallest absolute Gasteiger partial charge is 0.269 e. The maximum Gasteiger partial charge on any atom is 0.269 e. The van der Waals surface area contributed by atoms with Gasteiger partial charge in [0.05, 0.1) is 4.92 Å². The van der Waals surface area contributed by atoms with Crippen molar-refractivity contribution in [1.29, 1.82) is 0 Å². The Kier molecular flexibility index (Phi) is 4.28. The zero-order valence-electron chi connectivity index (χ0n) is 12.2. The number of hydrogen-bond donors (Lipinski definition) is 1. The van der Waals surface area contributed by atoms with Crippen molar-refractivity contribution in [2.45, 2.75) is 43.4 Å². The molecule has 1 fully saturated rings. The summed E-state index contributed by atoms with van der Waals surface area (Å²) in [5, 5.41) is 43.9. The minimum absolute atomic E-state index is 0.0439. The molecule has 0 aliphatic heterocycles. The Labute approximate surface area is 130 Å². The van der Waals surface area contributed by atoms with Crippen molar-refractivity contribution in [3.8, 4) is 0 Å². The van der Waals surface area contributed by atoms with E-state index >= 15 is 0 Å². The highest BCUT2D eigenvalue weighted by Crippen LogP contribution is 2.42. The van der Waals surface area contributed by atoms with Crippen molar-refractivity contribution in [3.05, 3.63) is 60.2 Å². The van der Waals surface area contributed by atoms with Crippen LogP contribution in [0.3, 0.4) is 0 Å². The zero-order valence-corrected chi connectivity index (χ0v) is 12.2. The van der Waals surface area contributed by atoms with Gasteiger partial charge in [0.1, 0.15) is 11.5 Å². The number of hydrogen-bond acceptors (Lipinski definition) is 7. The molecule has 0 heterocycles. The van der Waals surface area contributed by atoms with Gasteiger partial charge in [-0.05, 0) is 18.9 Å². The number of non-ortho nitro benzene ring substituents is 1. The van der Waals surface area contributed by atoms with E-state index in [4.69, 9.17) is 0 Å². The maximum absolute atomic E-state index is 11.4. The minimum Gasteiger partial charge on any atom is -0.383 e. The van der Waals surface area contributed by atoms with Crippen LogP contribution in [-0.4, -0.2) is 37.6 Å². The van der Waals surface area contributed by atoms with E-state index < -0.39 is 38.4 Å². The fraction of sp³-hybridized carbons (Fsp3) is 0.538. The lowest BCUT2D eigenvalue weighted by Crippen LogP contribution is -2.56. The average molecular weight is 325 g/mol. The van der Waals surface area contributed by atoms with Gasteiger partial charge < -0.3 is 5.11 Å². The lowest BCUT2D eigenvalue weighted by molar-refractivity contribution is -0.589. The van der Waals surface area contributed by atoms with E-state index in [1.54, 1.807) is 0 Å². The van der Waals surface area contributed by atoms with Crippen LogP contribution in [0, 0.1) is 30.3 Å². The molecule has 1 aliphatic rings. The van der Waals surface area contributed by atoms with Gasteiger partial charge in [-0.15, -0.1) is 0 Å². The second-order valence-corrected chi connectivity index (χ2v) is 5.86. The van der Waals surface area contributed by atoms with Gasteiger partial charge in [0.2, 0.25) is 6.04 Å². The molecule has 0 saturated heterocycles. The third-order valence-corrected chi connectivity index (χ3v) is 4.30. The average Bonchev–Trinajstić information content (AvgIpc) is 2.45. The molecule has 0 spiro atoms. The van der Waals surface area contributed by atoms with Gasteiger partial charge in [-0.3, -0.25) is 30.3 Å². The predicted molar refractivity (Wildman–Crippen MR) is 77.3 cm³/mol. The molecule has 1 N–H and O–H groups in total. The van der Waals surface area contributed by atoms with Crippen LogP contribution in [0.4, 0.5) is 5.69 Å². The van der Waals surface area contributed by atoms with E-state index in [1.165, 1.54) is 25.1 Å². The molecule has 1 aromatic rings. The number of nitro benzene ring substituents is 1. The second kappa shape index (κ2) is 5.88. The van der Waals surface area contributed by atoms with Gasteiger partial charge in [-0.1, -0.05) is 12.1 Å². The first kappa shape index (κ1) is 16.7. The van der Waals surface area contributed by atoms with E-state index in [0.29, 0.717) is 0 Å². The summed E-state index contributed by atoms with van der Waals surface area (Å²) in [6, 6.07) is 2.10. The Hall–Kier alpha value is -2.62. The Morgan fingerprint density at radius 1 is 1.17 bits per heavy atom. The van der Waals surface area contributed by atoms with E-state index in [1.807, 2.05) is 0 Å². The zero-order chi connectivity index (χ0) is 17.4. The van der Waals surface area contributed by atoms with Crippen LogP contribution in [0.15, 0.2) is 24.3 Å². The summed E-state index contributed by atoms with van der Waals surface area (Å²) in [6.45, 7) is 1.26. The van der Waals surface area contributed by atoms with E-state index in [2.05, 4.69) is 0 Å². The Bertz CT molecular complexity index is 661. The Morgan fingerprint density at radius 3 is 2.35 bits per heavy atom. The van der Waals surface area contributed by atoms with Crippen LogP contribution in [-0.2, 0) is 0 Å². The first-order chi connectivity index (χ1) is 10.6. The summed E-state index contributed by atoms with van der Waals surface area (Å²) in [7, 11) is 0. The first-order valence-electron chi connectivity index (χ1n) is 6.89. The molecule has 0 aromatic heterocycles. The SMILES string of the molecule is C[C@@]1(O)CC[C@H]([N+](=O)[O-])[C@@H](c2cccc([N+](=O)[O-])c2)[C@@H]1[N+](=O)[O-]. The molecule has 0 amide bonds. The Balaban J connectivity index is 2.58. The van der Waals surface area contributed by atoms with Crippen molar-refractivity contribution in [1.82, 2.24) is 0 Å². The summed E-state index contributed by atoms with van der Waals surface area (Å²) < 4.78 is 0. The summed E-state index contributed by atoms with van der Waals surface area (Å²) in [5.74, 6) is -1.25. The van der Waals surface area contributed by atoms with Crippen molar-refractivity contribution in [2.24, 2.45) is 0 Å². The largest absolute Gasteiger partial charge is 0.383 e. The third-order valence-electron chi connectivity index (χ3n) is 4.30. The number of nitro groups is 3. The fourth-order valence-corrected chi connectivity index (χ4v) is 3.21. The number of nitrogens with zero attached hydrogens (tertiary/aromatic N) is 3. The summed E-state index contributed by atoms with van der Waals surface area (Å²) in [6.07, 6.45) is -0.132. The molecular weight excluding hydrogens is 310 g/mol. The van der Waals surface area contributed by atoms with E-state index in [9.17, 15) is 35.4 Å². The molecular formula is C13H15N3O7. The Morgan fingerprint density at radius 2 is 1.83 bits per heavy atom. The highest BCUT2D eigenvalue weighted by molar-refractivity contribution is 5.37. The standard InChI is InChI=1S/C13H15N3O7/c1-13(17)6-5-10(15(20)21)11(12(13)16(22)23)8-3-2-4-9(7-8)14(18)19/h2-4,7,10-12,17H,5-6H2,1H3/t10-,11+,12-,13+/m0/s1. The van der Waals surface area contributed by atoms with Crippen molar-refractivity contribution >= 4 is 5.69 Å². The molecule has 1 saturated carbocycles. The molecule has 4 atom stereocenters. The lowest BCUT2D eigenvalue weighted by atomic mass is 9.69. The van der Waals surface area contributed by atoms with Crippen molar-refractivity contribution < 1.29 is 19.9 Å². The van der Waals surface area contributed by atoms with Crippen molar-refractivity contribution in [3.63, 3.8) is 0 Å². The molecule has 10 nitrogen and oxygen atoms in total. The summed E-state index contributed by atoms with van der Waals surface area (Å²) in [5.41, 5.74) is -1.93. The number of aliphatic hydroxyl groups is 1. The molecule has 0 radical (unpaired) electrons. The second-order valence-electron chi connectivity index (χ2n) is 5.86. The van der Waals surface area contributed by atoms with Gasteiger partial charge in [-0.25, -0.2) is 0 Å². The molecule has 124 valence electrons. The molecule has 10 heteroatoms. The van der Waals surface area contributed by atoms with Crippen LogP contribution < -0.4 is 0 Å². The monoisotopic (exact) mass is 325 g/mol. The molecule has 0 unspecified atom stereocenters. The molecule has 1 aliphatic carbocycles. The van der Waals surface area contributed by atoms with Gasteiger partial charge in [0, 0.05) is 28.4 Å². The van der Waals surface area contributed by atoms with Crippen LogP contribution in [0.5, 0.6) is 0 Å². The van der Waals surface area contributed by atoms with Gasteiger partial charge >= 0.3 is 0 Å². The van der Waals surface area contributed by atoms with E-state index in [-0.39, 0.29) is 24.1 Å². The molecule has 23 heavy (non-hydrogen) atoms. The quantitative estimate of drug-likeness (QED) is 0.651. The number of rotatable bonds is 4. The fourth-order valence-electron chi connectivity index (χ4n) is 3.21. The number of benzene rings is 1. The van der Waals surface area contributed by atoms with Crippen molar-refractivity contribution in [2.75, 3.05) is 0 Å². The lowest BCUT2D eigenvalue weighted by Gasteiger charge is -2.37. The molecule has 1 aromatic carbocycles. The highest BCUT2D eigenvalue weighted by atomic mass is 16.6. The normalized spacial score (nSPS) is 30.6. The van der Waals surface area contributed by atoms with Crippen LogP contribution >= 0.6 is 0 Å². The minimum atomic E-state index is -1.73. The van der Waals surface area contributed by atoms with E-state index in [0.717, 1.165) is 6.07 Å². The third kappa shape index (κ3) is 3.11. The highest BCUT2D eigenvalue weighted by Gasteiger charge is 2.58. The van der Waals surface area contributed by atoms with Gasteiger partial charge in [0.25, 0.3) is 11.7 Å². The topological polar surface area (TPSA) is 150 Å². The molecule has 0 bridgehead atoms.